The lowest BCUT2D eigenvalue weighted by molar-refractivity contribution is 0.233. The molecular formula is C21H26N6O3. The van der Waals surface area contributed by atoms with Crippen LogP contribution >= 0.6 is 0 Å². The first-order valence-electron chi connectivity index (χ1n) is 10.4. The fourth-order valence-corrected chi connectivity index (χ4v) is 3.52. The van der Waals surface area contributed by atoms with Gasteiger partial charge in [-0.1, -0.05) is 12.8 Å². The molecule has 9 heteroatoms. The molecule has 1 aromatic carbocycles. The highest BCUT2D eigenvalue weighted by Gasteiger charge is 2.17. The molecule has 0 saturated carbocycles. The molecule has 0 aliphatic carbocycles. The van der Waals surface area contributed by atoms with Gasteiger partial charge >= 0.3 is 0 Å². The number of nitrogens with zero attached hydrogens (tertiary/aromatic N) is 4. The quantitative estimate of drug-likeness (QED) is 0.509. The minimum atomic E-state index is -0.332. The minimum absolute atomic E-state index is 0.100. The number of anilines is 3. The van der Waals surface area contributed by atoms with E-state index in [-0.39, 0.29) is 12.2 Å². The maximum Gasteiger partial charge on any atom is 0.277 e. The summed E-state index contributed by atoms with van der Waals surface area (Å²) in [4.78, 5) is 23.9. The number of H-pyrrole nitrogens is 1. The largest absolute Gasteiger partial charge is 0.494 e. The number of ether oxygens (including phenoxy) is 1. The Bertz CT molecular complexity index is 1030. The molecule has 0 atom stereocenters. The van der Waals surface area contributed by atoms with Crippen LogP contribution in [-0.4, -0.2) is 51.6 Å². The molecule has 3 N–H and O–H groups in total. The van der Waals surface area contributed by atoms with Gasteiger partial charge in [0.05, 0.1) is 12.8 Å². The van der Waals surface area contributed by atoms with Crippen LogP contribution in [0.2, 0.25) is 0 Å². The lowest BCUT2D eigenvalue weighted by Gasteiger charge is -2.21. The molecule has 3 heterocycles. The predicted molar refractivity (Wildman–Crippen MR) is 116 cm³/mol. The molecule has 1 aliphatic rings. The first-order valence-corrected chi connectivity index (χ1v) is 10.4. The van der Waals surface area contributed by atoms with Gasteiger partial charge in [-0.3, -0.25) is 4.79 Å². The van der Waals surface area contributed by atoms with Crippen molar-refractivity contribution in [1.82, 2.24) is 20.2 Å². The van der Waals surface area contributed by atoms with E-state index in [9.17, 15) is 4.79 Å². The van der Waals surface area contributed by atoms with Crippen LogP contribution in [0.5, 0.6) is 5.75 Å². The van der Waals surface area contributed by atoms with Crippen molar-refractivity contribution < 1.29 is 9.84 Å². The average Bonchev–Trinajstić information content (AvgIpc) is 3.05. The first kappa shape index (κ1) is 20.1. The highest BCUT2D eigenvalue weighted by molar-refractivity contribution is 5.90. The zero-order chi connectivity index (χ0) is 20.8. The Kier molecular flexibility index (Phi) is 6.38. The maximum absolute atomic E-state index is 12.4. The smallest absolute Gasteiger partial charge is 0.277 e. The van der Waals surface area contributed by atoms with Gasteiger partial charge in [-0.05, 0) is 37.1 Å². The molecule has 30 heavy (non-hydrogen) atoms. The number of rotatable bonds is 7. The number of aromatic amines is 1. The van der Waals surface area contributed by atoms with Crippen LogP contribution in [0, 0.1) is 0 Å². The normalized spacial score (nSPS) is 14.5. The third-order valence-electron chi connectivity index (χ3n) is 5.08. The number of fused-ring (bicyclic) bond motifs is 1. The van der Waals surface area contributed by atoms with E-state index in [0.717, 1.165) is 31.6 Å². The average molecular weight is 410 g/mol. The molecule has 1 saturated heterocycles. The molecule has 0 radical (unpaired) electrons. The topological polar surface area (TPSA) is 116 Å². The summed E-state index contributed by atoms with van der Waals surface area (Å²) in [5.41, 5.74) is 0.961. The third kappa shape index (κ3) is 4.68. The van der Waals surface area contributed by atoms with Crippen molar-refractivity contribution in [2.75, 3.05) is 36.5 Å². The number of hydrogen-bond donors (Lipinski definition) is 3. The van der Waals surface area contributed by atoms with Crippen LogP contribution in [-0.2, 0) is 0 Å². The Morgan fingerprint density at radius 2 is 1.87 bits per heavy atom. The fourth-order valence-electron chi connectivity index (χ4n) is 3.52. The lowest BCUT2D eigenvalue weighted by atomic mass is 10.2. The number of hydrogen-bond acceptors (Lipinski definition) is 8. The standard InChI is InChI=1S/C21H26N6O3/c28-12-5-13-30-16-8-6-15(7-9-16)23-19-18-17(14-22-26-20(18)29)24-21(25-19)27-10-3-1-2-4-11-27/h6-9,14,28H,1-5,10-13H2,(H,26,29)(H,23,24,25). The van der Waals surface area contributed by atoms with Crippen molar-refractivity contribution in [3.63, 3.8) is 0 Å². The van der Waals surface area contributed by atoms with Gasteiger partial charge in [-0.25, -0.2) is 10.1 Å². The lowest BCUT2D eigenvalue weighted by Crippen LogP contribution is -2.26. The van der Waals surface area contributed by atoms with Gasteiger partial charge in [-0.15, -0.1) is 0 Å². The third-order valence-corrected chi connectivity index (χ3v) is 5.08. The summed E-state index contributed by atoms with van der Waals surface area (Å²) in [6, 6.07) is 7.40. The van der Waals surface area contributed by atoms with Crippen LogP contribution in [0.15, 0.2) is 35.3 Å². The molecule has 0 amide bonds. The van der Waals surface area contributed by atoms with Gasteiger partial charge < -0.3 is 20.1 Å². The predicted octanol–water partition coefficient (Wildman–Crippen LogP) is 2.60. The van der Waals surface area contributed by atoms with Crippen molar-refractivity contribution in [3.05, 3.63) is 40.8 Å². The van der Waals surface area contributed by atoms with Crippen molar-refractivity contribution in [2.45, 2.75) is 32.1 Å². The van der Waals surface area contributed by atoms with Crippen molar-refractivity contribution in [2.24, 2.45) is 0 Å². The Morgan fingerprint density at radius 3 is 2.60 bits per heavy atom. The molecule has 2 aromatic heterocycles. The molecule has 0 bridgehead atoms. The zero-order valence-electron chi connectivity index (χ0n) is 16.8. The van der Waals surface area contributed by atoms with E-state index < -0.39 is 0 Å². The van der Waals surface area contributed by atoms with Crippen molar-refractivity contribution in [1.29, 1.82) is 0 Å². The molecule has 0 spiro atoms. The molecule has 3 aromatic rings. The second kappa shape index (κ2) is 9.53. The number of nitrogens with one attached hydrogen (secondary N) is 2. The highest BCUT2D eigenvalue weighted by Crippen LogP contribution is 2.26. The first-order chi connectivity index (χ1) is 14.7. The summed E-state index contributed by atoms with van der Waals surface area (Å²) >= 11 is 0. The van der Waals surface area contributed by atoms with Crippen molar-refractivity contribution in [3.8, 4) is 5.75 Å². The van der Waals surface area contributed by atoms with E-state index >= 15 is 0 Å². The van der Waals surface area contributed by atoms with Gasteiger partial charge in [0.25, 0.3) is 5.56 Å². The van der Waals surface area contributed by atoms with Crippen LogP contribution in [0.3, 0.4) is 0 Å². The summed E-state index contributed by atoms with van der Waals surface area (Å²) in [5.74, 6) is 1.79. The molecule has 158 valence electrons. The fraction of sp³-hybridized carbons (Fsp3) is 0.429. The van der Waals surface area contributed by atoms with Gasteiger partial charge in [-0.2, -0.15) is 10.1 Å². The van der Waals surface area contributed by atoms with Gasteiger partial charge in [0.2, 0.25) is 5.95 Å². The molecule has 0 unspecified atom stereocenters. The van der Waals surface area contributed by atoms with Crippen LogP contribution in [0.1, 0.15) is 32.1 Å². The van der Waals surface area contributed by atoms with E-state index in [1.165, 1.54) is 12.8 Å². The van der Waals surface area contributed by atoms with Crippen LogP contribution in [0.4, 0.5) is 17.5 Å². The number of aliphatic hydroxyl groups is 1. The van der Waals surface area contributed by atoms with Crippen molar-refractivity contribution >= 4 is 28.4 Å². The Hall–Kier alpha value is -3.20. The summed E-state index contributed by atoms with van der Waals surface area (Å²) in [6.45, 7) is 2.37. The van der Waals surface area contributed by atoms with E-state index in [1.54, 1.807) is 6.20 Å². The summed E-state index contributed by atoms with van der Waals surface area (Å²) < 4.78 is 5.57. The molecule has 9 nitrogen and oxygen atoms in total. The maximum atomic E-state index is 12.4. The second-order valence-corrected chi connectivity index (χ2v) is 7.31. The van der Waals surface area contributed by atoms with E-state index in [2.05, 4.69) is 25.4 Å². The van der Waals surface area contributed by atoms with E-state index in [1.807, 2.05) is 24.3 Å². The number of aliphatic hydroxyl groups excluding tert-OH is 1. The van der Waals surface area contributed by atoms with Gasteiger partial charge in [0, 0.05) is 31.8 Å². The number of benzene rings is 1. The zero-order valence-corrected chi connectivity index (χ0v) is 16.8. The van der Waals surface area contributed by atoms with E-state index in [0.29, 0.717) is 41.4 Å². The van der Waals surface area contributed by atoms with Gasteiger partial charge in [0.15, 0.2) is 0 Å². The molecular weight excluding hydrogens is 384 g/mol. The molecule has 1 aliphatic heterocycles. The molecule has 1 fully saturated rings. The monoisotopic (exact) mass is 410 g/mol. The number of aromatic nitrogens is 4. The second-order valence-electron chi connectivity index (χ2n) is 7.31. The van der Waals surface area contributed by atoms with Gasteiger partial charge in [0.1, 0.15) is 22.5 Å². The highest BCUT2D eigenvalue weighted by atomic mass is 16.5. The minimum Gasteiger partial charge on any atom is -0.494 e. The Morgan fingerprint density at radius 1 is 1.10 bits per heavy atom. The van der Waals surface area contributed by atoms with E-state index in [4.69, 9.17) is 14.8 Å². The SMILES string of the molecule is O=c1[nH]ncc2nc(N3CCCCCC3)nc(Nc3ccc(OCCCO)cc3)c12. The molecule has 4 rings (SSSR count). The van der Waals surface area contributed by atoms with Crippen LogP contribution < -0.4 is 20.5 Å². The summed E-state index contributed by atoms with van der Waals surface area (Å²) in [7, 11) is 0. The summed E-state index contributed by atoms with van der Waals surface area (Å²) in [6.07, 6.45) is 6.78. The Balaban J connectivity index is 1.64. The van der Waals surface area contributed by atoms with Crippen LogP contribution in [0.25, 0.3) is 10.9 Å². The summed E-state index contributed by atoms with van der Waals surface area (Å²) in [5, 5.41) is 18.9. The Labute approximate surface area is 174 Å².